The number of nitrogens with one attached hydrogen (secondary N) is 1. The number of ether oxygens (including phenoxy) is 2. The van der Waals surface area contributed by atoms with Gasteiger partial charge in [0.25, 0.3) is 5.91 Å². The normalized spacial score (nSPS) is 11.8. The Labute approximate surface area is 185 Å². The fourth-order valence-electron chi connectivity index (χ4n) is 2.84. The molecule has 31 heavy (non-hydrogen) atoms. The Morgan fingerprint density at radius 3 is 2.48 bits per heavy atom. The van der Waals surface area contributed by atoms with Gasteiger partial charge in [-0.3, -0.25) is 4.79 Å². The first kappa shape index (κ1) is 22.4. The molecule has 0 unspecified atom stereocenters. The summed E-state index contributed by atoms with van der Waals surface area (Å²) in [5, 5.41) is 3.01. The second kappa shape index (κ2) is 10.1. The lowest BCUT2D eigenvalue weighted by atomic mass is 10.0. The van der Waals surface area contributed by atoms with Gasteiger partial charge in [0.15, 0.2) is 0 Å². The number of methoxy groups -OCH3 is 1. The van der Waals surface area contributed by atoms with E-state index in [9.17, 15) is 9.59 Å². The first-order valence-electron chi connectivity index (χ1n) is 9.70. The average Bonchev–Trinajstić information content (AvgIpc) is 3.25. The van der Waals surface area contributed by atoms with Crippen molar-refractivity contribution in [2.45, 2.75) is 26.5 Å². The molecule has 1 heterocycles. The minimum atomic E-state index is -0.836. The standard InChI is InChI=1S/C23H23ClN2O5/c1-14(2)20(26-21(27)18-6-4-5-7-19(18)24)23(28)31-13-16-12-30-22(25-16)15-8-10-17(29-3)11-9-15/h4-12,14,20H,13H2,1-3H3,(H,26,27)/t20-/m0/s1. The molecule has 0 aliphatic rings. The van der Waals surface area contributed by atoms with Crippen LogP contribution in [0.2, 0.25) is 5.02 Å². The van der Waals surface area contributed by atoms with Crippen LogP contribution in [0.4, 0.5) is 0 Å². The summed E-state index contributed by atoms with van der Waals surface area (Å²) in [4.78, 5) is 29.5. The van der Waals surface area contributed by atoms with Gasteiger partial charge in [-0.2, -0.15) is 0 Å². The summed E-state index contributed by atoms with van der Waals surface area (Å²) in [6.45, 7) is 3.55. The van der Waals surface area contributed by atoms with E-state index in [0.717, 1.165) is 11.3 Å². The zero-order valence-electron chi connectivity index (χ0n) is 17.4. The van der Waals surface area contributed by atoms with Crippen LogP contribution in [0.3, 0.4) is 0 Å². The van der Waals surface area contributed by atoms with Gasteiger partial charge in [0.1, 0.15) is 30.4 Å². The lowest BCUT2D eigenvalue weighted by Crippen LogP contribution is -2.45. The van der Waals surface area contributed by atoms with Crippen molar-refractivity contribution in [2.24, 2.45) is 5.92 Å². The van der Waals surface area contributed by atoms with Crippen LogP contribution in [0.5, 0.6) is 5.75 Å². The Morgan fingerprint density at radius 2 is 1.84 bits per heavy atom. The fourth-order valence-corrected chi connectivity index (χ4v) is 3.06. The van der Waals surface area contributed by atoms with Crippen LogP contribution in [-0.4, -0.2) is 30.0 Å². The van der Waals surface area contributed by atoms with Crippen LogP contribution in [0, 0.1) is 5.92 Å². The van der Waals surface area contributed by atoms with Crippen LogP contribution in [0.1, 0.15) is 29.9 Å². The summed E-state index contributed by atoms with van der Waals surface area (Å²) < 4.78 is 16.0. The highest BCUT2D eigenvalue weighted by Gasteiger charge is 2.27. The molecular formula is C23H23ClN2O5. The number of hydrogen-bond acceptors (Lipinski definition) is 6. The maximum Gasteiger partial charge on any atom is 0.329 e. The maximum absolute atomic E-state index is 12.6. The van der Waals surface area contributed by atoms with E-state index in [0.29, 0.717) is 22.2 Å². The third-order valence-electron chi connectivity index (χ3n) is 4.58. The predicted octanol–water partition coefficient (Wildman–Crippen LogP) is 4.50. The van der Waals surface area contributed by atoms with E-state index >= 15 is 0 Å². The van der Waals surface area contributed by atoms with E-state index in [-0.39, 0.29) is 12.5 Å². The van der Waals surface area contributed by atoms with E-state index in [4.69, 9.17) is 25.5 Å². The van der Waals surface area contributed by atoms with E-state index < -0.39 is 17.9 Å². The largest absolute Gasteiger partial charge is 0.497 e. The quantitative estimate of drug-likeness (QED) is 0.516. The molecule has 3 aromatic rings. The molecule has 7 nitrogen and oxygen atoms in total. The third-order valence-corrected chi connectivity index (χ3v) is 4.91. The number of hydrogen-bond donors (Lipinski definition) is 1. The zero-order chi connectivity index (χ0) is 22.4. The van der Waals surface area contributed by atoms with Gasteiger partial charge in [0.2, 0.25) is 5.89 Å². The molecule has 1 atom stereocenters. The summed E-state index contributed by atoms with van der Waals surface area (Å²) in [7, 11) is 1.59. The Kier molecular flexibility index (Phi) is 7.31. The van der Waals surface area contributed by atoms with Crippen molar-refractivity contribution in [3.8, 4) is 17.2 Å². The minimum absolute atomic E-state index is 0.0797. The molecule has 0 bridgehead atoms. The molecule has 0 aliphatic heterocycles. The van der Waals surface area contributed by atoms with Gasteiger partial charge in [-0.05, 0) is 42.3 Å². The van der Waals surface area contributed by atoms with Crippen molar-refractivity contribution in [1.82, 2.24) is 10.3 Å². The number of amides is 1. The maximum atomic E-state index is 12.6. The number of rotatable bonds is 8. The Hall–Kier alpha value is -3.32. The van der Waals surface area contributed by atoms with Gasteiger partial charge >= 0.3 is 5.97 Å². The molecule has 1 amide bonds. The summed E-state index contributed by atoms with van der Waals surface area (Å²) >= 11 is 6.07. The number of benzene rings is 2. The van der Waals surface area contributed by atoms with Crippen molar-refractivity contribution < 1.29 is 23.5 Å². The highest BCUT2D eigenvalue weighted by molar-refractivity contribution is 6.33. The number of aromatic nitrogens is 1. The van der Waals surface area contributed by atoms with Crippen molar-refractivity contribution >= 4 is 23.5 Å². The van der Waals surface area contributed by atoms with Crippen LogP contribution in [0.15, 0.2) is 59.2 Å². The van der Waals surface area contributed by atoms with Gasteiger partial charge in [-0.25, -0.2) is 9.78 Å². The van der Waals surface area contributed by atoms with Gasteiger partial charge in [-0.1, -0.05) is 37.6 Å². The highest BCUT2D eigenvalue weighted by Crippen LogP contribution is 2.22. The van der Waals surface area contributed by atoms with Gasteiger partial charge in [0, 0.05) is 5.56 Å². The lowest BCUT2D eigenvalue weighted by Gasteiger charge is -2.21. The number of oxazole rings is 1. The molecule has 0 spiro atoms. The van der Waals surface area contributed by atoms with E-state index in [2.05, 4.69) is 10.3 Å². The zero-order valence-corrected chi connectivity index (χ0v) is 18.2. The third kappa shape index (κ3) is 5.64. The van der Waals surface area contributed by atoms with E-state index in [1.807, 2.05) is 26.0 Å². The van der Waals surface area contributed by atoms with Crippen LogP contribution < -0.4 is 10.1 Å². The second-order valence-electron chi connectivity index (χ2n) is 7.16. The molecule has 3 rings (SSSR count). The fraction of sp³-hybridized carbons (Fsp3) is 0.261. The number of nitrogens with zero attached hydrogens (tertiary/aromatic N) is 1. The average molecular weight is 443 g/mol. The van der Waals surface area contributed by atoms with Gasteiger partial charge in [0.05, 0.1) is 17.7 Å². The highest BCUT2D eigenvalue weighted by atomic mass is 35.5. The molecule has 0 saturated heterocycles. The molecule has 1 aromatic heterocycles. The van der Waals surface area contributed by atoms with Crippen LogP contribution in [-0.2, 0) is 16.1 Å². The molecule has 0 aliphatic carbocycles. The lowest BCUT2D eigenvalue weighted by molar-refractivity contribution is -0.148. The van der Waals surface area contributed by atoms with Gasteiger partial charge in [-0.15, -0.1) is 0 Å². The van der Waals surface area contributed by atoms with Crippen molar-refractivity contribution in [3.63, 3.8) is 0 Å². The Bertz CT molecular complexity index is 1050. The molecule has 1 N–H and O–H groups in total. The summed E-state index contributed by atoms with van der Waals surface area (Å²) in [6, 6.07) is 13.0. The van der Waals surface area contributed by atoms with Gasteiger partial charge < -0.3 is 19.2 Å². The minimum Gasteiger partial charge on any atom is -0.497 e. The van der Waals surface area contributed by atoms with E-state index in [1.165, 1.54) is 6.26 Å². The first-order chi connectivity index (χ1) is 14.9. The first-order valence-corrected chi connectivity index (χ1v) is 10.1. The summed E-state index contributed by atoms with van der Waals surface area (Å²) in [6.07, 6.45) is 1.43. The number of carbonyl (C=O) groups is 2. The second-order valence-corrected chi connectivity index (χ2v) is 7.56. The van der Waals surface area contributed by atoms with E-state index in [1.54, 1.807) is 43.5 Å². The topological polar surface area (TPSA) is 90.7 Å². The molecule has 8 heteroatoms. The number of carbonyl (C=O) groups excluding carboxylic acids is 2. The SMILES string of the molecule is COc1ccc(-c2nc(COC(=O)[C@@H](NC(=O)c3ccccc3Cl)C(C)C)co2)cc1. The number of esters is 1. The Balaban J connectivity index is 1.62. The smallest absolute Gasteiger partial charge is 0.329 e. The van der Waals surface area contributed by atoms with Crippen molar-refractivity contribution in [1.29, 1.82) is 0 Å². The number of halogens is 1. The molecule has 162 valence electrons. The summed E-state index contributed by atoms with van der Waals surface area (Å²) in [5.41, 5.74) is 1.52. The molecule has 2 aromatic carbocycles. The van der Waals surface area contributed by atoms with Crippen molar-refractivity contribution in [3.05, 3.63) is 71.1 Å². The molecular weight excluding hydrogens is 420 g/mol. The van der Waals surface area contributed by atoms with Crippen LogP contribution in [0.25, 0.3) is 11.5 Å². The Morgan fingerprint density at radius 1 is 1.13 bits per heavy atom. The monoisotopic (exact) mass is 442 g/mol. The van der Waals surface area contributed by atoms with Crippen LogP contribution >= 0.6 is 11.6 Å². The molecule has 0 radical (unpaired) electrons. The molecule has 0 fully saturated rings. The molecule has 0 saturated carbocycles. The predicted molar refractivity (Wildman–Crippen MR) is 116 cm³/mol. The summed E-state index contributed by atoms with van der Waals surface area (Å²) in [5.74, 6) is -0.0656. The van der Waals surface area contributed by atoms with Crippen molar-refractivity contribution in [2.75, 3.05) is 7.11 Å².